The van der Waals surface area contributed by atoms with Crippen LogP contribution in [0.2, 0.25) is 0 Å². The maximum Gasteiger partial charge on any atom is 0.0869 e. The molecule has 0 unspecified atom stereocenters. The highest BCUT2D eigenvalue weighted by Gasteiger charge is 1.83. The van der Waals surface area contributed by atoms with E-state index in [0.717, 1.165) is 18.4 Å². The van der Waals surface area contributed by atoms with Gasteiger partial charge in [-0.05, 0) is 24.5 Å². The van der Waals surface area contributed by atoms with Crippen LogP contribution in [0.15, 0.2) is 36.2 Å². The van der Waals surface area contributed by atoms with E-state index in [1.54, 1.807) is 0 Å². The number of halogens is 1. The zero-order valence-corrected chi connectivity index (χ0v) is 7.18. The monoisotopic (exact) mass is 154 g/mol. The third kappa shape index (κ3) is 5.59. The van der Waals surface area contributed by atoms with Gasteiger partial charge < -0.3 is 0 Å². The molecule has 0 amide bonds. The molecular formula is C10H15F. The van der Waals surface area contributed by atoms with E-state index in [2.05, 4.69) is 6.92 Å². The van der Waals surface area contributed by atoms with Gasteiger partial charge in [-0.2, -0.15) is 0 Å². The second kappa shape index (κ2) is 7.26. The van der Waals surface area contributed by atoms with E-state index in [4.69, 9.17) is 0 Å². The van der Waals surface area contributed by atoms with Crippen LogP contribution in [0.4, 0.5) is 4.39 Å². The molecule has 0 aliphatic carbocycles. The summed E-state index contributed by atoms with van der Waals surface area (Å²) in [7, 11) is 0. The zero-order chi connectivity index (χ0) is 8.53. The standard InChI is InChI=1S/C10H15F/c1-3-5-6-7-10(4-2)8-9-11/h5-9H,3-4H2,1-2H3/b6-5+,9-8+,10-7-. The summed E-state index contributed by atoms with van der Waals surface area (Å²) in [6.07, 6.45) is 9.89. The number of rotatable bonds is 4. The Labute approximate surface area is 68.1 Å². The lowest BCUT2D eigenvalue weighted by atomic mass is 10.2. The first-order valence-electron chi connectivity index (χ1n) is 3.97. The van der Waals surface area contributed by atoms with Crippen LogP contribution in [0.5, 0.6) is 0 Å². The Morgan fingerprint density at radius 1 is 1.36 bits per heavy atom. The van der Waals surface area contributed by atoms with Crippen LogP contribution in [0.25, 0.3) is 0 Å². The molecule has 0 aromatic rings. The molecule has 0 N–H and O–H groups in total. The van der Waals surface area contributed by atoms with Crippen molar-refractivity contribution in [3.05, 3.63) is 36.2 Å². The molecule has 0 aromatic heterocycles. The van der Waals surface area contributed by atoms with Gasteiger partial charge in [0.2, 0.25) is 0 Å². The lowest BCUT2D eigenvalue weighted by molar-refractivity contribution is 0.719. The van der Waals surface area contributed by atoms with E-state index in [-0.39, 0.29) is 0 Å². The fraction of sp³-hybridized carbons (Fsp3) is 0.400. The lowest BCUT2D eigenvalue weighted by Gasteiger charge is -1.90. The van der Waals surface area contributed by atoms with Gasteiger partial charge in [0.1, 0.15) is 0 Å². The third-order valence-electron chi connectivity index (χ3n) is 1.37. The molecule has 0 aromatic carbocycles. The quantitative estimate of drug-likeness (QED) is 0.541. The zero-order valence-electron chi connectivity index (χ0n) is 7.18. The molecule has 11 heavy (non-hydrogen) atoms. The molecule has 0 rings (SSSR count). The summed E-state index contributed by atoms with van der Waals surface area (Å²) in [4.78, 5) is 0. The first-order chi connectivity index (χ1) is 5.35. The van der Waals surface area contributed by atoms with E-state index in [1.807, 2.05) is 25.2 Å². The second-order valence-electron chi connectivity index (χ2n) is 2.22. The molecule has 0 saturated heterocycles. The van der Waals surface area contributed by atoms with Crippen molar-refractivity contribution >= 4 is 0 Å². The van der Waals surface area contributed by atoms with Crippen LogP contribution in [0, 0.1) is 0 Å². The van der Waals surface area contributed by atoms with Gasteiger partial charge in [-0.25, -0.2) is 4.39 Å². The van der Waals surface area contributed by atoms with E-state index >= 15 is 0 Å². The molecule has 0 saturated carbocycles. The van der Waals surface area contributed by atoms with Gasteiger partial charge in [-0.15, -0.1) is 0 Å². The average Bonchev–Trinajstić information content (AvgIpc) is 2.03. The molecule has 0 heterocycles. The summed E-state index contributed by atoms with van der Waals surface area (Å²) in [6, 6.07) is 0. The van der Waals surface area contributed by atoms with Crippen molar-refractivity contribution in [1.29, 1.82) is 0 Å². The van der Waals surface area contributed by atoms with Crippen molar-refractivity contribution < 1.29 is 4.39 Å². The summed E-state index contributed by atoms with van der Waals surface area (Å²) in [5.74, 6) is 0. The third-order valence-corrected chi connectivity index (χ3v) is 1.37. The first kappa shape index (κ1) is 10.2. The number of hydrogen-bond donors (Lipinski definition) is 0. The van der Waals surface area contributed by atoms with E-state index in [1.165, 1.54) is 6.08 Å². The Bertz CT molecular complexity index is 164. The molecule has 62 valence electrons. The summed E-state index contributed by atoms with van der Waals surface area (Å²) in [5.41, 5.74) is 1.01. The highest BCUT2D eigenvalue weighted by molar-refractivity contribution is 5.22. The van der Waals surface area contributed by atoms with Crippen molar-refractivity contribution in [2.24, 2.45) is 0 Å². The van der Waals surface area contributed by atoms with Crippen LogP contribution in [-0.4, -0.2) is 0 Å². The minimum atomic E-state index is 0.578. The van der Waals surface area contributed by atoms with Crippen molar-refractivity contribution in [1.82, 2.24) is 0 Å². The van der Waals surface area contributed by atoms with Crippen molar-refractivity contribution in [2.75, 3.05) is 0 Å². The van der Waals surface area contributed by atoms with Crippen LogP contribution in [-0.2, 0) is 0 Å². The fourth-order valence-corrected chi connectivity index (χ4v) is 0.700. The SMILES string of the molecule is CC/C=C/C=C(\C=C\F)CC. The minimum absolute atomic E-state index is 0.578. The largest absolute Gasteiger partial charge is 0.216 e. The van der Waals surface area contributed by atoms with Gasteiger partial charge in [0, 0.05) is 0 Å². The highest BCUT2D eigenvalue weighted by atomic mass is 19.1. The Morgan fingerprint density at radius 2 is 2.09 bits per heavy atom. The van der Waals surface area contributed by atoms with Crippen molar-refractivity contribution in [3.8, 4) is 0 Å². The predicted octanol–water partition coefficient (Wildman–Crippen LogP) is 3.77. The van der Waals surface area contributed by atoms with Crippen LogP contribution in [0.1, 0.15) is 26.7 Å². The fourth-order valence-electron chi connectivity index (χ4n) is 0.700. The molecule has 0 radical (unpaired) electrons. The Kier molecular flexibility index (Phi) is 6.70. The maximum atomic E-state index is 11.7. The normalized spacial score (nSPS) is 13.5. The van der Waals surface area contributed by atoms with E-state index in [0.29, 0.717) is 6.33 Å². The molecule has 0 bridgehead atoms. The number of allylic oxidation sites excluding steroid dienone is 5. The summed E-state index contributed by atoms with van der Waals surface area (Å²) < 4.78 is 11.7. The average molecular weight is 154 g/mol. The molecule has 0 aliphatic heterocycles. The summed E-state index contributed by atoms with van der Waals surface area (Å²) in [6.45, 7) is 4.08. The highest BCUT2D eigenvalue weighted by Crippen LogP contribution is 2.02. The molecule has 0 aliphatic rings. The van der Waals surface area contributed by atoms with Crippen molar-refractivity contribution in [3.63, 3.8) is 0 Å². The lowest BCUT2D eigenvalue weighted by Crippen LogP contribution is -1.71. The smallest absolute Gasteiger partial charge is 0.0869 e. The first-order valence-corrected chi connectivity index (χ1v) is 3.97. The number of hydrogen-bond acceptors (Lipinski definition) is 0. The molecule has 0 spiro atoms. The molecule has 0 nitrogen and oxygen atoms in total. The van der Waals surface area contributed by atoms with Crippen molar-refractivity contribution in [2.45, 2.75) is 26.7 Å². The van der Waals surface area contributed by atoms with Gasteiger partial charge >= 0.3 is 0 Å². The summed E-state index contributed by atoms with van der Waals surface area (Å²) in [5, 5.41) is 0. The molecule has 1 heteroatoms. The Balaban J connectivity index is 4.00. The van der Waals surface area contributed by atoms with Gasteiger partial charge in [0.25, 0.3) is 0 Å². The Morgan fingerprint density at radius 3 is 2.55 bits per heavy atom. The summed E-state index contributed by atoms with van der Waals surface area (Å²) >= 11 is 0. The van der Waals surface area contributed by atoms with Gasteiger partial charge in [0.15, 0.2) is 0 Å². The predicted molar refractivity (Wildman–Crippen MR) is 48.1 cm³/mol. The second-order valence-corrected chi connectivity index (χ2v) is 2.22. The Hall–Kier alpha value is -0.850. The van der Waals surface area contributed by atoms with Crippen LogP contribution >= 0.6 is 0 Å². The topological polar surface area (TPSA) is 0 Å². The van der Waals surface area contributed by atoms with Gasteiger partial charge in [-0.1, -0.05) is 32.1 Å². The van der Waals surface area contributed by atoms with E-state index < -0.39 is 0 Å². The van der Waals surface area contributed by atoms with Crippen LogP contribution in [0.3, 0.4) is 0 Å². The van der Waals surface area contributed by atoms with E-state index in [9.17, 15) is 4.39 Å². The molecular weight excluding hydrogens is 139 g/mol. The van der Waals surface area contributed by atoms with Gasteiger partial charge in [-0.3, -0.25) is 0 Å². The minimum Gasteiger partial charge on any atom is -0.216 e. The van der Waals surface area contributed by atoms with Crippen LogP contribution < -0.4 is 0 Å². The molecule has 0 fully saturated rings. The molecule has 0 atom stereocenters. The van der Waals surface area contributed by atoms with Gasteiger partial charge in [0.05, 0.1) is 6.33 Å². The maximum absolute atomic E-state index is 11.7.